The zero-order valence-corrected chi connectivity index (χ0v) is 26.3. The van der Waals surface area contributed by atoms with Gasteiger partial charge in [-0.3, -0.25) is 0 Å². The van der Waals surface area contributed by atoms with Crippen LogP contribution in [0.1, 0.15) is 0 Å². The standard InChI is InChI=1S/C41H31N3Si/c1-45(2)37-22-10-9-21-35(37)36-27-33(23-24-38(36)45)31-18-11-17-30(25-31)32-19-12-20-34(26-32)41-43-39(28-13-5-3-6-14-28)42-40(44-41)29-15-7-4-8-16-29/h3-27H,1-2H3. The third-order valence-electron chi connectivity index (χ3n) is 8.93. The highest BCUT2D eigenvalue weighted by Gasteiger charge is 2.37. The normalized spacial score (nSPS) is 12.8. The Labute approximate surface area is 265 Å². The summed E-state index contributed by atoms with van der Waals surface area (Å²) in [5.41, 5.74) is 10.4. The topological polar surface area (TPSA) is 38.7 Å². The van der Waals surface area contributed by atoms with E-state index in [0.29, 0.717) is 17.5 Å². The summed E-state index contributed by atoms with van der Waals surface area (Å²) in [6.45, 7) is 4.92. The van der Waals surface area contributed by atoms with Crippen LogP contribution in [0.2, 0.25) is 13.1 Å². The first-order chi connectivity index (χ1) is 22.0. The van der Waals surface area contributed by atoms with Gasteiger partial charge >= 0.3 is 0 Å². The predicted molar refractivity (Wildman–Crippen MR) is 189 cm³/mol. The van der Waals surface area contributed by atoms with Gasteiger partial charge in [-0.15, -0.1) is 0 Å². The fourth-order valence-corrected chi connectivity index (χ4v) is 9.63. The first-order valence-electron chi connectivity index (χ1n) is 15.4. The molecular weight excluding hydrogens is 563 g/mol. The molecule has 6 aromatic carbocycles. The largest absolute Gasteiger partial charge is 0.208 e. The van der Waals surface area contributed by atoms with E-state index in [1.54, 1.807) is 0 Å². The molecule has 1 aromatic heterocycles. The summed E-state index contributed by atoms with van der Waals surface area (Å²) in [6.07, 6.45) is 0. The van der Waals surface area contributed by atoms with Crippen LogP contribution in [-0.2, 0) is 0 Å². The van der Waals surface area contributed by atoms with Crippen LogP contribution in [0.3, 0.4) is 0 Å². The van der Waals surface area contributed by atoms with E-state index in [2.05, 4.69) is 104 Å². The van der Waals surface area contributed by atoms with Crippen LogP contribution in [0, 0.1) is 0 Å². The highest BCUT2D eigenvalue weighted by atomic mass is 28.3. The third-order valence-corrected chi connectivity index (χ3v) is 12.5. The van der Waals surface area contributed by atoms with Gasteiger partial charge in [0, 0.05) is 16.7 Å². The van der Waals surface area contributed by atoms with Crippen molar-refractivity contribution in [1.82, 2.24) is 15.0 Å². The van der Waals surface area contributed by atoms with Crippen LogP contribution in [-0.4, -0.2) is 23.0 Å². The molecule has 8 rings (SSSR count). The molecule has 0 spiro atoms. The van der Waals surface area contributed by atoms with Gasteiger partial charge in [-0.1, -0.05) is 147 Å². The number of fused-ring (bicyclic) bond motifs is 3. The maximum atomic E-state index is 4.94. The smallest absolute Gasteiger partial charge is 0.164 e. The molecule has 0 saturated heterocycles. The summed E-state index contributed by atoms with van der Waals surface area (Å²) in [7, 11) is -1.68. The molecular formula is C41H31N3Si. The molecule has 1 aliphatic heterocycles. The minimum atomic E-state index is -1.68. The second-order valence-electron chi connectivity index (χ2n) is 12.1. The van der Waals surface area contributed by atoms with Gasteiger partial charge in [-0.05, 0) is 62.0 Å². The number of benzene rings is 6. The molecule has 45 heavy (non-hydrogen) atoms. The van der Waals surface area contributed by atoms with E-state index in [-0.39, 0.29) is 0 Å². The summed E-state index contributed by atoms with van der Waals surface area (Å²) in [6, 6.07) is 53.6. The quantitative estimate of drug-likeness (QED) is 0.187. The molecule has 0 saturated carbocycles. The minimum absolute atomic E-state index is 0.657. The van der Waals surface area contributed by atoms with Crippen LogP contribution in [0.4, 0.5) is 0 Å². The molecule has 0 N–H and O–H groups in total. The van der Waals surface area contributed by atoms with Crippen LogP contribution in [0.5, 0.6) is 0 Å². The number of nitrogens with zero attached hydrogens (tertiary/aromatic N) is 3. The van der Waals surface area contributed by atoms with Gasteiger partial charge < -0.3 is 0 Å². The van der Waals surface area contributed by atoms with E-state index in [1.807, 2.05) is 60.7 Å². The molecule has 7 aromatic rings. The van der Waals surface area contributed by atoms with Gasteiger partial charge in [-0.2, -0.15) is 0 Å². The predicted octanol–water partition coefficient (Wildman–Crippen LogP) is 9.01. The zero-order valence-electron chi connectivity index (χ0n) is 25.3. The summed E-state index contributed by atoms with van der Waals surface area (Å²) in [5, 5.41) is 3.06. The Morgan fingerprint density at radius 1 is 0.333 bits per heavy atom. The van der Waals surface area contributed by atoms with Gasteiger partial charge in [-0.25, -0.2) is 15.0 Å². The van der Waals surface area contributed by atoms with Gasteiger partial charge in [0.15, 0.2) is 17.5 Å². The Morgan fingerprint density at radius 2 is 0.756 bits per heavy atom. The Kier molecular flexibility index (Phi) is 6.58. The van der Waals surface area contributed by atoms with E-state index < -0.39 is 8.07 Å². The molecule has 214 valence electrons. The molecule has 0 atom stereocenters. The lowest BCUT2D eigenvalue weighted by molar-refractivity contribution is 1.07. The molecule has 0 unspecified atom stereocenters. The third kappa shape index (κ3) is 4.90. The summed E-state index contributed by atoms with van der Waals surface area (Å²) in [4.78, 5) is 14.7. The van der Waals surface area contributed by atoms with E-state index in [4.69, 9.17) is 15.0 Å². The summed E-state index contributed by atoms with van der Waals surface area (Å²) in [5.74, 6) is 1.98. The van der Waals surface area contributed by atoms with Crippen molar-refractivity contribution in [3.05, 3.63) is 152 Å². The number of hydrogen-bond acceptors (Lipinski definition) is 3. The zero-order chi connectivity index (χ0) is 30.4. The maximum Gasteiger partial charge on any atom is 0.164 e. The van der Waals surface area contributed by atoms with Gasteiger partial charge in [0.2, 0.25) is 0 Å². The van der Waals surface area contributed by atoms with E-state index in [0.717, 1.165) is 27.8 Å². The van der Waals surface area contributed by atoms with E-state index >= 15 is 0 Å². The average molecular weight is 594 g/mol. The SMILES string of the molecule is C[Si]1(C)c2ccccc2-c2cc(-c3cccc(-c4cccc(-c5nc(-c6ccccc6)nc(-c6ccccc6)n5)c4)c3)ccc21. The molecule has 0 bridgehead atoms. The average Bonchev–Trinajstić information content (AvgIpc) is 3.34. The van der Waals surface area contributed by atoms with Crippen LogP contribution >= 0.6 is 0 Å². The lowest BCUT2D eigenvalue weighted by atomic mass is 9.95. The highest BCUT2D eigenvalue weighted by molar-refractivity contribution is 7.03. The van der Waals surface area contributed by atoms with Gasteiger partial charge in [0.05, 0.1) is 0 Å². The van der Waals surface area contributed by atoms with Crippen molar-refractivity contribution >= 4 is 18.4 Å². The minimum Gasteiger partial charge on any atom is -0.208 e. The first kappa shape index (κ1) is 27.1. The van der Waals surface area contributed by atoms with Gasteiger partial charge in [0.1, 0.15) is 8.07 Å². The van der Waals surface area contributed by atoms with Crippen molar-refractivity contribution in [3.63, 3.8) is 0 Å². The lowest BCUT2D eigenvalue weighted by Crippen LogP contribution is -2.49. The van der Waals surface area contributed by atoms with Crippen molar-refractivity contribution in [3.8, 4) is 67.5 Å². The molecule has 0 aliphatic carbocycles. The first-order valence-corrected chi connectivity index (χ1v) is 18.4. The van der Waals surface area contributed by atoms with Crippen LogP contribution in [0.25, 0.3) is 67.5 Å². The highest BCUT2D eigenvalue weighted by Crippen LogP contribution is 2.34. The Bertz CT molecular complexity index is 2130. The number of aromatic nitrogens is 3. The Balaban J connectivity index is 1.19. The summed E-state index contributed by atoms with van der Waals surface area (Å²) >= 11 is 0. The number of rotatable bonds is 5. The van der Waals surface area contributed by atoms with Crippen molar-refractivity contribution in [2.45, 2.75) is 13.1 Å². The molecule has 0 fully saturated rings. The Morgan fingerprint density at radius 3 is 1.36 bits per heavy atom. The summed E-state index contributed by atoms with van der Waals surface area (Å²) < 4.78 is 0. The van der Waals surface area contributed by atoms with Crippen molar-refractivity contribution in [2.75, 3.05) is 0 Å². The van der Waals surface area contributed by atoms with Crippen molar-refractivity contribution < 1.29 is 0 Å². The van der Waals surface area contributed by atoms with E-state index in [1.165, 1.54) is 32.6 Å². The molecule has 3 nitrogen and oxygen atoms in total. The fourth-order valence-electron chi connectivity index (χ4n) is 6.55. The molecule has 2 heterocycles. The number of hydrogen-bond donors (Lipinski definition) is 0. The maximum absolute atomic E-state index is 4.94. The van der Waals surface area contributed by atoms with E-state index in [9.17, 15) is 0 Å². The van der Waals surface area contributed by atoms with Crippen LogP contribution in [0.15, 0.2) is 152 Å². The molecule has 1 aliphatic rings. The van der Waals surface area contributed by atoms with Crippen molar-refractivity contribution in [2.24, 2.45) is 0 Å². The fraction of sp³-hybridized carbons (Fsp3) is 0.0488. The molecule has 0 radical (unpaired) electrons. The monoisotopic (exact) mass is 593 g/mol. The lowest BCUT2D eigenvalue weighted by Gasteiger charge is -2.18. The Hall–Kier alpha value is -5.45. The second-order valence-corrected chi connectivity index (χ2v) is 16.5. The molecule has 0 amide bonds. The van der Waals surface area contributed by atoms with Gasteiger partial charge in [0.25, 0.3) is 0 Å². The van der Waals surface area contributed by atoms with Crippen LogP contribution < -0.4 is 10.4 Å². The second kappa shape index (κ2) is 10.9. The van der Waals surface area contributed by atoms with Crippen molar-refractivity contribution in [1.29, 1.82) is 0 Å². The molecule has 4 heteroatoms.